The average molecular weight is 417 g/mol. The molecule has 5 nitrogen and oxygen atoms in total. The minimum absolute atomic E-state index is 0.00776. The summed E-state index contributed by atoms with van der Waals surface area (Å²) < 4.78 is 0. The van der Waals surface area contributed by atoms with Crippen LogP contribution in [0.3, 0.4) is 0 Å². The number of carbonyl (C=O) groups excluding carboxylic acids is 2. The highest BCUT2D eigenvalue weighted by Gasteiger charge is 2.54. The van der Waals surface area contributed by atoms with Crippen molar-refractivity contribution >= 4 is 11.8 Å². The molecule has 2 heterocycles. The lowest BCUT2D eigenvalue weighted by Gasteiger charge is -2.58. The largest absolute Gasteiger partial charge is 0.394 e. The third kappa shape index (κ3) is 4.35. The lowest BCUT2D eigenvalue weighted by molar-refractivity contribution is -0.166. The Hall–Kier alpha value is -3.10. The van der Waals surface area contributed by atoms with Crippen molar-refractivity contribution < 1.29 is 14.7 Å². The molecule has 31 heavy (non-hydrogen) atoms. The second-order valence-corrected chi connectivity index (χ2v) is 8.63. The molecule has 2 aromatic carbocycles. The second-order valence-electron chi connectivity index (χ2n) is 8.63. The quantitative estimate of drug-likeness (QED) is 0.779. The Morgan fingerprint density at radius 2 is 1.84 bits per heavy atom. The van der Waals surface area contributed by atoms with Crippen LogP contribution in [0.5, 0.6) is 0 Å². The van der Waals surface area contributed by atoms with Crippen LogP contribution in [-0.2, 0) is 16.0 Å². The molecule has 0 aromatic heterocycles. The zero-order valence-corrected chi connectivity index (χ0v) is 18.0. The first-order valence-electron chi connectivity index (χ1n) is 10.8. The van der Waals surface area contributed by atoms with E-state index in [0.717, 1.165) is 16.7 Å². The van der Waals surface area contributed by atoms with E-state index in [1.807, 2.05) is 54.6 Å². The number of rotatable bonds is 4. The molecule has 2 aliphatic rings. The van der Waals surface area contributed by atoms with Gasteiger partial charge in [-0.15, -0.1) is 0 Å². The fourth-order valence-electron chi connectivity index (χ4n) is 4.59. The molecule has 2 aliphatic heterocycles. The minimum Gasteiger partial charge on any atom is -0.394 e. The Balaban J connectivity index is 1.50. The summed E-state index contributed by atoms with van der Waals surface area (Å²) in [6, 6.07) is 17.3. The van der Waals surface area contributed by atoms with Crippen molar-refractivity contribution in [3.63, 3.8) is 0 Å². The van der Waals surface area contributed by atoms with Gasteiger partial charge < -0.3 is 14.9 Å². The van der Waals surface area contributed by atoms with Gasteiger partial charge in [-0.1, -0.05) is 68.2 Å². The molecule has 4 rings (SSSR count). The Labute approximate surface area is 183 Å². The summed E-state index contributed by atoms with van der Waals surface area (Å²) >= 11 is 0. The van der Waals surface area contributed by atoms with Gasteiger partial charge in [0.1, 0.15) is 0 Å². The van der Waals surface area contributed by atoms with Crippen molar-refractivity contribution in [2.24, 2.45) is 5.92 Å². The predicted molar refractivity (Wildman–Crippen MR) is 119 cm³/mol. The molecule has 2 fully saturated rings. The SMILES string of the molecule is CC(C)C#Cc1ccc([C@@H]2[C@@H](CO)N3C(=O)CN(C(=O)Cc4ccccc4)C[C@@H]23)cc1. The van der Waals surface area contributed by atoms with Gasteiger partial charge in [0.05, 0.1) is 31.7 Å². The van der Waals surface area contributed by atoms with Crippen LogP contribution in [-0.4, -0.2) is 58.5 Å². The maximum absolute atomic E-state index is 12.8. The van der Waals surface area contributed by atoms with Crippen molar-refractivity contribution in [1.29, 1.82) is 0 Å². The average Bonchev–Trinajstić information content (AvgIpc) is 2.75. The predicted octanol–water partition coefficient (Wildman–Crippen LogP) is 2.43. The lowest BCUT2D eigenvalue weighted by Crippen LogP contribution is -2.73. The van der Waals surface area contributed by atoms with E-state index in [1.54, 1.807) is 9.80 Å². The van der Waals surface area contributed by atoms with Gasteiger partial charge >= 0.3 is 0 Å². The second kappa shape index (κ2) is 8.95. The van der Waals surface area contributed by atoms with Gasteiger partial charge in [0, 0.05) is 23.9 Å². The molecule has 0 saturated carbocycles. The third-order valence-corrected chi connectivity index (χ3v) is 6.10. The Morgan fingerprint density at radius 1 is 1.13 bits per heavy atom. The Kier molecular flexibility index (Phi) is 6.11. The van der Waals surface area contributed by atoms with Crippen LogP contribution in [0.1, 0.15) is 36.5 Å². The standard InChI is InChI=1S/C26H28N2O3/c1-18(2)8-9-19-10-12-21(13-11-19)26-22-15-27(16-25(31)28(22)23(26)17-29)24(30)14-20-6-4-3-5-7-20/h3-7,10-13,18,22-23,26,29H,14-17H2,1-2H3/t22-,23+,26-/m0/s1. The van der Waals surface area contributed by atoms with Crippen LogP contribution in [0.25, 0.3) is 0 Å². The number of hydrogen-bond donors (Lipinski definition) is 1. The molecule has 5 heteroatoms. The number of nitrogens with zero attached hydrogens (tertiary/aromatic N) is 2. The summed E-state index contributed by atoms with van der Waals surface area (Å²) in [7, 11) is 0. The summed E-state index contributed by atoms with van der Waals surface area (Å²) in [6.45, 7) is 4.60. The van der Waals surface area contributed by atoms with Gasteiger partial charge in [-0.25, -0.2) is 0 Å². The lowest BCUT2D eigenvalue weighted by atomic mass is 9.73. The highest BCUT2D eigenvalue weighted by Crippen LogP contribution is 2.42. The zero-order valence-electron chi connectivity index (χ0n) is 18.0. The van der Waals surface area contributed by atoms with E-state index in [0.29, 0.717) is 12.5 Å². The first kappa shape index (κ1) is 21.1. The normalized spacial score (nSPS) is 22.5. The summed E-state index contributed by atoms with van der Waals surface area (Å²) in [5.74, 6) is 6.52. The number of piperazine rings is 1. The zero-order chi connectivity index (χ0) is 22.0. The fourth-order valence-corrected chi connectivity index (χ4v) is 4.59. The van der Waals surface area contributed by atoms with Crippen LogP contribution in [0.2, 0.25) is 0 Å². The van der Waals surface area contributed by atoms with Crippen LogP contribution in [0.15, 0.2) is 54.6 Å². The summed E-state index contributed by atoms with van der Waals surface area (Å²) in [4.78, 5) is 29.1. The maximum atomic E-state index is 12.8. The molecule has 0 bridgehead atoms. The molecule has 2 aromatic rings. The van der Waals surface area contributed by atoms with Crippen molar-refractivity contribution in [1.82, 2.24) is 9.80 Å². The molecular formula is C26H28N2O3. The van der Waals surface area contributed by atoms with Crippen molar-refractivity contribution in [3.05, 3.63) is 71.3 Å². The highest BCUT2D eigenvalue weighted by molar-refractivity contribution is 5.88. The van der Waals surface area contributed by atoms with E-state index < -0.39 is 0 Å². The van der Waals surface area contributed by atoms with Crippen LogP contribution in [0.4, 0.5) is 0 Å². The van der Waals surface area contributed by atoms with E-state index in [9.17, 15) is 14.7 Å². The van der Waals surface area contributed by atoms with Gasteiger partial charge in [0.2, 0.25) is 11.8 Å². The fraction of sp³-hybridized carbons (Fsp3) is 0.385. The number of aliphatic hydroxyl groups is 1. The van der Waals surface area contributed by atoms with Crippen molar-refractivity contribution in [2.45, 2.75) is 38.3 Å². The third-order valence-electron chi connectivity index (χ3n) is 6.10. The Bertz CT molecular complexity index is 1000. The first-order chi connectivity index (χ1) is 15.0. The number of aliphatic hydroxyl groups excluding tert-OH is 1. The monoisotopic (exact) mass is 416 g/mol. The van der Waals surface area contributed by atoms with Crippen molar-refractivity contribution in [3.8, 4) is 11.8 Å². The van der Waals surface area contributed by atoms with E-state index in [4.69, 9.17) is 0 Å². The van der Waals surface area contributed by atoms with Crippen LogP contribution >= 0.6 is 0 Å². The topological polar surface area (TPSA) is 60.9 Å². The van der Waals surface area contributed by atoms with Gasteiger partial charge in [0.25, 0.3) is 0 Å². The molecule has 0 aliphatic carbocycles. The first-order valence-corrected chi connectivity index (χ1v) is 10.8. The van der Waals surface area contributed by atoms with E-state index in [2.05, 4.69) is 25.7 Å². The molecular weight excluding hydrogens is 388 g/mol. The van der Waals surface area contributed by atoms with E-state index >= 15 is 0 Å². The molecule has 1 N–H and O–H groups in total. The summed E-state index contributed by atoms with van der Waals surface area (Å²) in [5, 5.41) is 9.95. The van der Waals surface area contributed by atoms with E-state index in [-0.39, 0.29) is 49.4 Å². The van der Waals surface area contributed by atoms with E-state index in [1.165, 1.54) is 0 Å². The molecule has 0 unspecified atom stereocenters. The molecule has 2 saturated heterocycles. The summed E-state index contributed by atoms with van der Waals surface area (Å²) in [6.07, 6.45) is 0.290. The van der Waals surface area contributed by atoms with Gasteiger partial charge in [-0.05, 0) is 23.3 Å². The summed E-state index contributed by atoms with van der Waals surface area (Å²) in [5.41, 5.74) is 2.97. The van der Waals surface area contributed by atoms with Crippen LogP contribution < -0.4 is 0 Å². The van der Waals surface area contributed by atoms with Crippen molar-refractivity contribution in [2.75, 3.05) is 19.7 Å². The van der Waals surface area contributed by atoms with Crippen LogP contribution in [0, 0.1) is 17.8 Å². The molecule has 0 radical (unpaired) electrons. The molecule has 2 amide bonds. The number of amides is 2. The molecule has 0 spiro atoms. The maximum Gasteiger partial charge on any atom is 0.242 e. The molecule has 160 valence electrons. The highest BCUT2D eigenvalue weighted by atomic mass is 16.3. The smallest absolute Gasteiger partial charge is 0.242 e. The number of hydrogen-bond acceptors (Lipinski definition) is 3. The minimum atomic E-state index is -0.239. The number of carbonyl (C=O) groups is 2. The number of benzene rings is 2. The molecule has 3 atom stereocenters. The van der Waals surface area contributed by atoms with Gasteiger partial charge in [-0.3, -0.25) is 9.59 Å². The number of fused-ring (bicyclic) bond motifs is 1. The van der Waals surface area contributed by atoms with Gasteiger partial charge in [0.15, 0.2) is 0 Å². The van der Waals surface area contributed by atoms with Gasteiger partial charge in [-0.2, -0.15) is 0 Å². The Morgan fingerprint density at radius 3 is 2.48 bits per heavy atom.